The number of hydrogen-bond acceptors (Lipinski definition) is 3. The van der Waals surface area contributed by atoms with Crippen LogP contribution in [0.2, 0.25) is 0 Å². The molecule has 0 unspecified atom stereocenters. The van der Waals surface area contributed by atoms with E-state index in [4.69, 9.17) is 5.26 Å². The molecular formula is C14H18N4O. The number of urea groups is 1. The second-order valence-corrected chi connectivity index (χ2v) is 4.75. The van der Waals surface area contributed by atoms with Gasteiger partial charge < -0.3 is 10.2 Å². The number of pyridine rings is 1. The first-order valence-electron chi connectivity index (χ1n) is 6.61. The molecule has 0 aliphatic carbocycles. The fraction of sp³-hybridized carbons (Fsp3) is 0.500. The first kappa shape index (κ1) is 13.3. The fourth-order valence-electron chi connectivity index (χ4n) is 2.24. The van der Waals surface area contributed by atoms with E-state index in [1.165, 1.54) is 0 Å². The van der Waals surface area contributed by atoms with E-state index >= 15 is 0 Å². The molecule has 0 saturated carbocycles. The Labute approximate surface area is 113 Å². The quantitative estimate of drug-likeness (QED) is 0.894. The smallest absolute Gasteiger partial charge is 0.317 e. The van der Waals surface area contributed by atoms with Crippen molar-refractivity contribution in [3.05, 3.63) is 30.1 Å². The molecule has 1 N–H and O–H groups in total. The summed E-state index contributed by atoms with van der Waals surface area (Å²) in [7, 11) is 0. The second-order valence-electron chi connectivity index (χ2n) is 4.75. The number of amides is 2. The third kappa shape index (κ3) is 3.95. The summed E-state index contributed by atoms with van der Waals surface area (Å²) < 4.78 is 0. The van der Waals surface area contributed by atoms with Gasteiger partial charge in [0.1, 0.15) is 0 Å². The van der Waals surface area contributed by atoms with Crippen molar-refractivity contribution < 1.29 is 4.79 Å². The number of nitrogens with zero attached hydrogens (tertiary/aromatic N) is 3. The summed E-state index contributed by atoms with van der Waals surface area (Å²) in [5.41, 5.74) is 1.16. The van der Waals surface area contributed by atoms with E-state index in [9.17, 15) is 4.79 Å². The lowest BCUT2D eigenvalue weighted by Gasteiger charge is -2.29. The van der Waals surface area contributed by atoms with Crippen LogP contribution in [0.4, 0.5) is 4.79 Å². The average molecular weight is 258 g/mol. The van der Waals surface area contributed by atoms with Crippen molar-refractivity contribution in [1.82, 2.24) is 15.2 Å². The van der Waals surface area contributed by atoms with E-state index in [2.05, 4.69) is 16.4 Å². The molecule has 1 aliphatic rings. The number of carbonyl (C=O) groups excluding carboxylic acids is 1. The fourth-order valence-corrected chi connectivity index (χ4v) is 2.24. The maximum Gasteiger partial charge on any atom is 0.317 e. The number of piperidine rings is 1. The highest BCUT2D eigenvalue weighted by Crippen LogP contribution is 2.15. The molecule has 0 spiro atoms. The van der Waals surface area contributed by atoms with Gasteiger partial charge in [0, 0.05) is 32.0 Å². The zero-order chi connectivity index (χ0) is 13.5. The van der Waals surface area contributed by atoms with Gasteiger partial charge in [-0.05, 0) is 37.0 Å². The van der Waals surface area contributed by atoms with Crippen molar-refractivity contribution in [3.63, 3.8) is 0 Å². The molecule has 0 radical (unpaired) electrons. The van der Waals surface area contributed by atoms with Crippen LogP contribution in [0.15, 0.2) is 24.5 Å². The molecule has 1 saturated heterocycles. The van der Waals surface area contributed by atoms with Crippen molar-refractivity contribution in [2.24, 2.45) is 5.92 Å². The Morgan fingerprint density at radius 2 is 2.32 bits per heavy atom. The predicted molar refractivity (Wildman–Crippen MR) is 71.2 cm³/mol. The average Bonchev–Trinajstić information content (AvgIpc) is 2.48. The van der Waals surface area contributed by atoms with Crippen LogP contribution in [0.5, 0.6) is 0 Å². The van der Waals surface area contributed by atoms with Crippen LogP contribution < -0.4 is 5.32 Å². The zero-order valence-corrected chi connectivity index (χ0v) is 10.9. The third-order valence-electron chi connectivity index (χ3n) is 3.33. The largest absolute Gasteiger partial charge is 0.338 e. The van der Waals surface area contributed by atoms with E-state index in [1.54, 1.807) is 17.3 Å². The molecule has 2 heterocycles. The summed E-state index contributed by atoms with van der Waals surface area (Å²) in [6.45, 7) is 1.91. The number of carbonyl (C=O) groups is 1. The Kier molecular flexibility index (Phi) is 4.73. The monoisotopic (exact) mass is 258 g/mol. The molecule has 1 aromatic heterocycles. The van der Waals surface area contributed by atoms with Gasteiger partial charge in [-0.3, -0.25) is 4.98 Å². The minimum Gasteiger partial charge on any atom is -0.338 e. The van der Waals surface area contributed by atoms with Crippen molar-refractivity contribution in [2.75, 3.05) is 19.6 Å². The topological polar surface area (TPSA) is 69.0 Å². The Bertz CT molecular complexity index is 454. The molecule has 0 aromatic carbocycles. The number of rotatable bonds is 3. The first-order chi connectivity index (χ1) is 9.29. The number of hydrogen-bond donors (Lipinski definition) is 1. The highest BCUT2D eigenvalue weighted by Gasteiger charge is 2.22. The van der Waals surface area contributed by atoms with Crippen LogP contribution in [0, 0.1) is 17.2 Å². The summed E-state index contributed by atoms with van der Waals surface area (Å²) >= 11 is 0. The van der Waals surface area contributed by atoms with Crippen molar-refractivity contribution in [3.8, 4) is 6.07 Å². The maximum atomic E-state index is 11.9. The molecule has 1 fully saturated rings. The van der Waals surface area contributed by atoms with Crippen LogP contribution in [0.25, 0.3) is 0 Å². The Morgan fingerprint density at radius 3 is 3.05 bits per heavy atom. The molecule has 0 bridgehead atoms. The lowest BCUT2D eigenvalue weighted by molar-refractivity contribution is 0.176. The van der Waals surface area contributed by atoms with E-state index in [-0.39, 0.29) is 11.9 Å². The minimum absolute atomic E-state index is 0.0142. The molecule has 5 nitrogen and oxygen atoms in total. The van der Waals surface area contributed by atoms with Gasteiger partial charge in [-0.15, -0.1) is 0 Å². The zero-order valence-electron chi connectivity index (χ0n) is 10.9. The molecule has 1 aromatic rings. The van der Waals surface area contributed by atoms with Crippen molar-refractivity contribution >= 4 is 6.03 Å². The summed E-state index contributed by atoms with van der Waals surface area (Å²) in [5, 5.41) is 11.8. The summed E-state index contributed by atoms with van der Waals surface area (Å²) in [6, 6.07) is 6.07. The van der Waals surface area contributed by atoms with Crippen molar-refractivity contribution in [2.45, 2.75) is 19.3 Å². The lowest BCUT2D eigenvalue weighted by atomic mass is 10.0. The lowest BCUT2D eigenvalue weighted by Crippen LogP contribution is -2.45. The number of nitriles is 1. The third-order valence-corrected chi connectivity index (χ3v) is 3.33. The predicted octanol–water partition coefficient (Wildman–Crippen LogP) is 1.57. The normalized spacial score (nSPS) is 18.7. The highest BCUT2D eigenvalue weighted by molar-refractivity contribution is 5.74. The van der Waals surface area contributed by atoms with Gasteiger partial charge in [-0.2, -0.15) is 5.26 Å². The number of likely N-dealkylation sites (tertiary alicyclic amines) is 1. The van der Waals surface area contributed by atoms with Gasteiger partial charge >= 0.3 is 6.03 Å². The van der Waals surface area contributed by atoms with Gasteiger partial charge in [-0.25, -0.2) is 4.79 Å². The highest BCUT2D eigenvalue weighted by atomic mass is 16.2. The van der Waals surface area contributed by atoms with Gasteiger partial charge in [0.2, 0.25) is 0 Å². The van der Waals surface area contributed by atoms with E-state index in [1.807, 2.05) is 12.1 Å². The molecular weight excluding hydrogens is 240 g/mol. The number of nitrogens with one attached hydrogen (secondary N) is 1. The summed E-state index contributed by atoms with van der Waals surface area (Å²) in [6.07, 6.45) is 6.11. The van der Waals surface area contributed by atoms with Gasteiger partial charge in [-0.1, -0.05) is 0 Å². The minimum atomic E-state index is -0.0611. The van der Waals surface area contributed by atoms with Crippen molar-refractivity contribution in [1.29, 1.82) is 5.26 Å². The molecule has 1 atom stereocenters. The van der Waals surface area contributed by atoms with Gasteiger partial charge in [0.15, 0.2) is 0 Å². The second kappa shape index (κ2) is 6.74. The van der Waals surface area contributed by atoms with Crippen LogP contribution in [-0.2, 0) is 6.42 Å². The maximum absolute atomic E-state index is 11.9. The SMILES string of the molecule is N#C[C@H]1CCCN(C(=O)NCCc2ccncc2)C1. The van der Waals surface area contributed by atoms with Crippen LogP contribution in [-0.4, -0.2) is 35.5 Å². The molecule has 100 valence electrons. The van der Waals surface area contributed by atoms with E-state index in [0.717, 1.165) is 31.4 Å². The summed E-state index contributed by atoms with van der Waals surface area (Å²) in [4.78, 5) is 17.6. The van der Waals surface area contributed by atoms with E-state index in [0.29, 0.717) is 13.1 Å². The van der Waals surface area contributed by atoms with Crippen LogP contribution in [0.1, 0.15) is 18.4 Å². The Morgan fingerprint density at radius 1 is 1.53 bits per heavy atom. The number of aromatic nitrogens is 1. The molecule has 2 amide bonds. The summed E-state index contributed by atoms with van der Waals surface area (Å²) in [5.74, 6) is -0.0142. The van der Waals surface area contributed by atoms with Crippen LogP contribution >= 0.6 is 0 Å². The standard InChI is InChI=1S/C14H18N4O/c15-10-13-2-1-9-18(11-13)14(19)17-8-5-12-3-6-16-7-4-12/h3-4,6-7,13H,1-2,5,8-9,11H2,(H,17,19)/t13-/m1/s1. The van der Waals surface area contributed by atoms with Crippen LogP contribution in [0.3, 0.4) is 0 Å². The van der Waals surface area contributed by atoms with E-state index < -0.39 is 0 Å². The Balaban J connectivity index is 1.74. The molecule has 1 aliphatic heterocycles. The van der Waals surface area contributed by atoms with Gasteiger partial charge in [0.05, 0.1) is 12.0 Å². The molecule has 5 heteroatoms. The molecule has 2 rings (SSSR count). The first-order valence-corrected chi connectivity index (χ1v) is 6.61. The molecule has 19 heavy (non-hydrogen) atoms. The van der Waals surface area contributed by atoms with Gasteiger partial charge in [0.25, 0.3) is 0 Å². The Hall–Kier alpha value is -2.09.